The van der Waals surface area contributed by atoms with Gasteiger partial charge in [0.1, 0.15) is 0 Å². The van der Waals surface area contributed by atoms with Crippen LogP contribution in [0.5, 0.6) is 0 Å². The highest BCUT2D eigenvalue weighted by molar-refractivity contribution is 5.99. The van der Waals surface area contributed by atoms with E-state index in [-0.39, 0.29) is 5.92 Å². The minimum Gasteiger partial charge on any atom is -0.294 e. The Hall–Kier alpha value is -1.11. The Balaban J connectivity index is 1.64. The first-order valence-corrected chi connectivity index (χ1v) is 7.25. The van der Waals surface area contributed by atoms with Gasteiger partial charge in [0, 0.05) is 11.5 Å². The summed E-state index contributed by atoms with van der Waals surface area (Å²) in [6.07, 6.45) is 6.55. The lowest BCUT2D eigenvalue weighted by atomic mass is 9.51. The van der Waals surface area contributed by atoms with Crippen LogP contribution in [-0.4, -0.2) is 5.78 Å². The summed E-state index contributed by atoms with van der Waals surface area (Å²) in [5.41, 5.74) is 0.919. The fraction of sp³-hybridized carbons (Fsp3) is 0.529. The van der Waals surface area contributed by atoms with E-state index in [9.17, 15) is 4.79 Å². The fourth-order valence-electron chi connectivity index (χ4n) is 4.82. The van der Waals surface area contributed by atoms with Crippen LogP contribution in [-0.2, 0) is 0 Å². The Bertz CT molecular complexity index is 434. The summed E-state index contributed by atoms with van der Waals surface area (Å²) >= 11 is 0. The lowest BCUT2D eigenvalue weighted by Gasteiger charge is -2.53. The van der Waals surface area contributed by atoms with Crippen LogP contribution >= 0.6 is 0 Å². The van der Waals surface area contributed by atoms with Crippen molar-refractivity contribution in [2.24, 2.45) is 23.7 Å². The molecule has 4 aliphatic rings. The van der Waals surface area contributed by atoms with Crippen molar-refractivity contribution >= 4 is 5.78 Å². The van der Waals surface area contributed by atoms with Gasteiger partial charge in [-0.3, -0.25) is 4.79 Å². The number of carbonyl (C=O) groups excluding carboxylic acids is 1. The molecule has 5 rings (SSSR count). The summed E-state index contributed by atoms with van der Waals surface area (Å²) in [4.78, 5) is 12.7. The predicted molar refractivity (Wildman–Crippen MR) is 71.1 cm³/mol. The van der Waals surface area contributed by atoms with Crippen LogP contribution < -0.4 is 0 Å². The Kier molecular flexibility index (Phi) is 2.36. The van der Waals surface area contributed by atoms with Crippen LogP contribution in [0.1, 0.15) is 42.5 Å². The highest BCUT2D eigenvalue weighted by atomic mass is 16.1. The second kappa shape index (κ2) is 3.94. The van der Waals surface area contributed by atoms with E-state index >= 15 is 0 Å². The van der Waals surface area contributed by atoms with Gasteiger partial charge in [-0.15, -0.1) is 0 Å². The number of benzene rings is 1. The van der Waals surface area contributed by atoms with Crippen LogP contribution in [0.15, 0.2) is 30.3 Å². The number of Topliss-reactive ketones (excluding diaryl/α,β-unsaturated/α-hetero) is 1. The van der Waals surface area contributed by atoms with Crippen LogP contribution in [0.3, 0.4) is 0 Å². The molecule has 0 saturated heterocycles. The first-order chi connectivity index (χ1) is 8.81. The van der Waals surface area contributed by atoms with Crippen molar-refractivity contribution in [3.8, 4) is 0 Å². The largest absolute Gasteiger partial charge is 0.294 e. The molecule has 1 aromatic carbocycles. The fourth-order valence-corrected chi connectivity index (χ4v) is 4.82. The van der Waals surface area contributed by atoms with E-state index < -0.39 is 0 Å². The van der Waals surface area contributed by atoms with Gasteiger partial charge in [0.2, 0.25) is 0 Å². The average molecular weight is 239 g/mol. The molecule has 93 valence electrons. The number of carbonyl (C=O) groups is 1. The molecule has 0 N–H and O–H groups in total. The number of hydrogen-bond donors (Lipinski definition) is 0. The van der Waals surface area contributed by atoms with Crippen molar-refractivity contribution in [3.05, 3.63) is 41.8 Å². The topological polar surface area (TPSA) is 17.1 Å². The van der Waals surface area contributed by atoms with Crippen LogP contribution in [0.2, 0.25) is 0 Å². The van der Waals surface area contributed by atoms with Gasteiger partial charge in [0.25, 0.3) is 0 Å². The highest BCUT2D eigenvalue weighted by Crippen LogP contribution is 2.58. The molecule has 18 heavy (non-hydrogen) atoms. The van der Waals surface area contributed by atoms with Crippen molar-refractivity contribution in [3.63, 3.8) is 0 Å². The zero-order valence-corrected chi connectivity index (χ0v) is 10.6. The van der Waals surface area contributed by atoms with Gasteiger partial charge in [-0.1, -0.05) is 30.3 Å². The average Bonchev–Trinajstić information content (AvgIpc) is 2.38. The SMILES string of the molecule is O=C(c1ccccc1)C1[C]2CC3CC(C2)CC1C3. The molecule has 4 saturated carbocycles. The van der Waals surface area contributed by atoms with Crippen LogP contribution in [0.25, 0.3) is 0 Å². The molecular formula is C17H19O. The summed E-state index contributed by atoms with van der Waals surface area (Å²) in [6.45, 7) is 0. The molecule has 1 heteroatoms. The first-order valence-electron chi connectivity index (χ1n) is 7.25. The predicted octanol–water partition coefficient (Wildman–Crippen LogP) is 3.90. The summed E-state index contributed by atoms with van der Waals surface area (Å²) in [7, 11) is 0. The van der Waals surface area contributed by atoms with E-state index in [1.165, 1.54) is 32.1 Å². The van der Waals surface area contributed by atoms with Crippen LogP contribution in [0, 0.1) is 29.6 Å². The molecule has 4 aliphatic carbocycles. The van der Waals surface area contributed by atoms with E-state index in [1.54, 1.807) is 5.92 Å². The third-order valence-electron chi connectivity index (χ3n) is 5.29. The van der Waals surface area contributed by atoms with Gasteiger partial charge in [0.05, 0.1) is 0 Å². The second-order valence-electron chi connectivity index (χ2n) is 6.47. The maximum Gasteiger partial charge on any atom is 0.166 e. The Morgan fingerprint density at radius 2 is 1.61 bits per heavy atom. The molecule has 4 fully saturated rings. The van der Waals surface area contributed by atoms with Gasteiger partial charge in [-0.25, -0.2) is 0 Å². The summed E-state index contributed by atoms with van der Waals surface area (Å²) in [5.74, 6) is 4.75. The molecule has 4 bridgehead atoms. The quantitative estimate of drug-likeness (QED) is 0.715. The van der Waals surface area contributed by atoms with E-state index in [0.717, 1.165) is 17.4 Å². The summed E-state index contributed by atoms with van der Waals surface area (Å²) in [5, 5.41) is 0. The standard InChI is InChI=1S/C17H19O/c18-17(13-4-2-1-3-5-13)16-14-7-11-6-12(9-14)10-15(16)8-11/h1-5,11-12,14,16H,6-10H2. The zero-order chi connectivity index (χ0) is 12.1. The third kappa shape index (κ3) is 1.56. The normalized spacial score (nSPS) is 38.0. The van der Waals surface area contributed by atoms with Crippen molar-refractivity contribution < 1.29 is 4.79 Å². The molecule has 0 spiro atoms. The number of ketones is 1. The van der Waals surface area contributed by atoms with Crippen LogP contribution in [0.4, 0.5) is 0 Å². The Labute approximate surface area is 109 Å². The smallest absolute Gasteiger partial charge is 0.166 e. The van der Waals surface area contributed by atoms with Gasteiger partial charge in [0.15, 0.2) is 5.78 Å². The monoisotopic (exact) mass is 239 g/mol. The second-order valence-corrected chi connectivity index (χ2v) is 6.47. The van der Waals surface area contributed by atoms with Gasteiger partial charge >= 0.3 is 0 Å². The number of rotatable bonds is 2. The van der Waals surface area contributed by atoms with Gasteiger partial charge < -0.3 is 0 Å². The lowest BCUT2D eigenvalue weighted by molar-refractivity contribution is 0.0374. The molecule has 3 atom stereocenters. The molecule has 1 nitrogen and oxygen atoms in total. The number of hydrogen-bond acceptors (Lipinski definition) is 1. The molecule has 1 aromatic rings. The molecule has 0 aliphatic heterocycles. The molecular weight excluding hydrogens is 220 g/mol. The Morgan fingerprint density at radius 1 is 0.944 bits per heavy atom. The van der Waals surface area contributed by atoms with E-state index in [0.29, 0.717) is 11.7 Å². The maximum absolute atomic E-state index is 12.7. The van der Waals surface area contributed by atoms with Crippen molar-refractivity contribution in [2.75, 3.05) is 0 Å². The Morgan fingerprint density at radius 3 is 2.22 bits per heavy atom. The molecule has 0 heterocycles. The van der Waals surface area contributed by atoms with Crippen molar-refractivity contribution in [1.82, 2.24) is 0 Å². The van der Waals surface area contributed by atoms with E-state index in [1.807, 2.05) is 30.3 Å². The van der Waals surface area contributed by atoms with E-state index in [2.05, 4.69) is 0 Å². The van der Waals surface area contributed by atoms with Crippen molar-refractivity contribution in [1.29, 1.82) is 0 Å². The zero-order valence-electron chi connectivity index (χ0n) is 10.6. The van der Waals surface area contributed by atoms with Gasteiger partial charge in [-0.05, 0) is 55.8 Å². The highest BCUT2D eigenvalue weighted by Gasteiger charge is 2.50. The minimum absolute atomic E-state index is 0.264. The maximum atomic E-state index is 12.7. The lowest BCUT2D eigenvalue weighted by Crippen LogP contribution is -2.46. The molecule has 0 aromatic heterocycles. The molecule has 0 amide bonds. The van der Waals surface area contributed by atoms with E-state index in [4.69, 9.17) is 0 Å². The van der Waals surface area contributed by atoms with Gasteiger partial charge in [-0.2, -0.15) is 0 Å². The molecule has 3 unspecified atom stereocenters. The van der Waals surface area contributed by atoms with Crippen molar-refractivity contribution in [2.45, 2.75) is 32.1 Å². The molecule has 1 radical (unpaired) electrons. The first kappa shape index (κ1) is 10.8. The minimum atomic E-state index is 0.264. The third-order valence-corrected chi connectivity index (χ3v) is 5.29. The summed E-state index contributed by atoms with van der Waals surface area (Å²) < 4.78 is 0. The summed E-state index contributed by atoms with van der Waals surface area (Å²) in [6, 6.07) is 9.91.